The van der Waals surface area contributed by atoms with Crippen LogP contribution in [-0.4, -0.2) is 24.7 Å². The van der Waals surface area contributed by atoms with Crippen molar-refractivity contribution in [1.82, 2.24) is 10.6 Å². The average Bonchev–Trinajstić information content (AvgIpc) is 2.54. The van der Waals surface area contributed by atoms with E-state index in [4.69, 9.17) is 0 Å². The van der Waals surface area contributed by atoms with Gasteiger partial charge in [0.05, 0.1) is 0 Å². The van der Waals surface area contributed by atoms with Crippen LogP contribution in [0.1, 0.15) is 46.0 Å². The number of hydrogen-bond acceptors (Lipinski definition) is 2. The zero-order valence-electron chi connectivity index (χ0n) is 9.60. The van der Waals surface area contributed by atoms with Crippen molar-refractivity contribution in [1.29, 1.82) is 0 Å². The highest BCUT2D eigenvalue weighted by molar-refractivity contribution is 4.91. The summed E-state index contributed by atoms with van der Waals surface area (Å²) in [6.45, 7) is 6.86. The summed E-state index contributed by atoms with van der Waals surface area (Å²) in [6.07, 6.45) is 7.26. The molecule has 1 atom stereocenters. The van der Waals surface area contributed by atoms with Crippen LogP contribution in [0, 0.1) is 5.92 Å². The summed E-state index contributed by atoms with van der Waals surface area (Å²) in [5, 5.41) is 7.29. The Morgan fingerprint density at radius 2 is 1.93 bits per heavy atom. The molecule has 0 radical (unpaired) electrons. The molecule has 2 N–H and O–H groups in total. The van der Waals surface area contributed by atoms with E-state index in [-0.39, 0.29) is 0 Å². The first-order valence-corrected chi connectivity index (χ1v) is 6.14. The van der Waals surface area contributed by atoms with Crippen molar-refractivity contribution >= 4 is 0 Å². The number of rotatable bonds is 2. The summed E-state index contributed by atoms with van der Waals surface area (Å²) >= 11 is 0. The minimum atomic E-state index is 0.293. The summed E-state index contributed by atoms with van der Waals surface area (Å²) < 4.78 is 0. The van der Waals surface area contributed by atoms with Crippen LogP contribution in [0.2, 0.25) is 0 Å². The van der Waals surface area contributed by atoms with Crippen LogP contribution in [0.25, 0.3) is 0 Å². The molecule has 0 bridgehead atoms. The van der Waals surface area contributed by atoms with E-state index in [9.17, 15) is 0 Å². The van der Waals surface area contributed by atoms with E-state index >= 15 is 0 Å². The summed E-state index contributed by atoms with van der Waals surface area (Å²) in [5.41, 5.74) is 0.293. The van der Waals surface area contributed by atoms with Gasteiger partial charge in [-0.3, -0.25) is 0 Å². The van der Waals surface area contributed by atoms with Gasteiger partial charge in [-0.05, 0) is 26.2 Å². The lowest BCUT2D eigenvalue weighted by Crippen LogP contribution is -2.60. The van der Waals surface area contributed by atoms with Crippen molar-refractivity contribution in [3.63, 3.8) is 0 Å². The van der Waals surface area contributed by atoms with Gasteiger partial charge in [-0.1, -0.05) is 25.7 Å². The number of nitrogens with one attached hydrogen (secondary N) is 2. The molecular weight excluding hydrogens is 172 g/mol. The maximum absolute atomic E-state index is 3.76. The minimum Gasteiger partial charge on any atom is -0.313 e. The third-order valence-electron chi connectivity index (χ3n) is 3.65. The highest BCUT2D eigenvalue weighted by Crippen LogP contribution is 2.29. The second-order valence-electron chi connectivity index (χ2n) is 5.74. The highest BCUT2D eigenvalue weighted by Gasteiger charge is 2.28. The van der Waals surface area contributed by atoms with E-state index < -0.39 is 0 Å². The van der Waals surface area contributed by atoms with Crippen LogP contribution in [0.3, 0.4) is 0 Å². The van der Waals surface area contributed by atoms with E-state index in [0.717, 1.165) is 12.5 Å². The Hall–Kier alpha value is -0.0800. The lowest BCUT2D eigenvalue weighted by molar-refractivity contribution is 0.234. The molecule has 82 valence electrons. The number of piperazine rings is 1. The van der Waals surface area contributed by atoms with Gasteiger partial charge in [0.2, 0.25) is 0 Å². The molecule has 0 aromatic heterocycles. The first-order valence-electron chi connectivity index (χ1n) is 6.14. The van der Waals surface area contributed by atoms with Crippen LogP contribution in [0.5, 0.6) is 0 Å². The van der Waals surface area contributed by atoms with Gasteiger partial charge in [0.15, 0.2) is 0 Å². The Morgan fingerprint density at radius 1 is 1.21 bits per heavy atom. The normalized spacial score (nSPS) is 33.4. The van der Waals surface area contributed by atoms with Crippen molar-refractivity contribution in [2.24, 2.45) is 5.92 Å². The maximum atomic E-state index is 3.76. The van der Waals surface area contributed by atoms with Gasteiger partial charge in [-0.2, -0.15) is 0 Å². The predicted octanol–water partition coefficient (Wildman–Crippen LogP) is 1.91. The largest absolute Gasteiger partial charge is 0.313 e. The lowest BCUT2D eigenvalue weighted by atomic mass is 9.93. The molecule has 2 fully saturated rings. The molecule has 2 nitrogen and oxygen atoms in total. The molecule has 2 rings (SSSR count). The van der Waals surface area contributed by atoms with Gasteiger partial charge in [-0.25, -0.2) is 0 Å². The smallest absolute Gasteiger partial charge is 0.0252 e. The second-order valence-corrected chi connectivity index (χ2v) is 5.74. The molecule has 14 heavy (non-hydrogen) atoms. The average molecular weight is 196 g/mol. The molecule has 0 spiro atoms. The summed E-state index contributed by atoms with van der Waals surface area (Å²) in [4.78, 5) is 0. The van der Waals surface area contributed by atoms with Gasteiger partial charge in [0.1, 0.15) is 0 Å². The van der Waals surface area contributed by atoms with Crippen molar-refractivity contribution in [2.45, 2.75) is 57.5 Å². The fraction of sp³-hybridized carbons (Fsp3) is 1.00. The topological polar surface area (TPSA) is 24.1 Å². The van der Waals surface area contributed by atoms with Gasteiger partial charge < -0.3 is 10.6 Å². The van der Waals surface area contributed by atoms with Crippen LogP contribution < -0.4 is 10.6 Å². The Balaban J connectivity index is 1.79. The standard InChI is InChI=1S/C12H24N2/c1-12(2)9-13-8-11(14-12)7-10-5-3-4-6-10/h10-11,13-14H,3-9H2,1-2H3. The SMILES string of the molecule is CC1(C)CNCC(CC2CCCC2)N1. The van der Waals surface area contributed by atoms with E-state index in [1.807, 2.05) is 0 Å². The van der Waals surface area contributed by atoms with Crippen LogP contribution in [0.4, 0.5) is 0 Å². The van der Waals surface area contributed by atoms with E-state index in [1.165, 1.54) is 38.6 Å². The Labute approximate surface area is 87.8 Å². The van der Waals surface area contributed by atoms with Gasteiger partial charge in [-0.15, -0.1) is 0 Å². The van der Waals surface area contributed by atoms with E-state index in [1.54, 1.807) is 0 Å². The molecule has 0 aromatic rings. The first-order chi connectivity index (χ1) is 6.66. The molecule has 1 heterocycles. The predicted molar refractivity (Wildman–Crippen MR) is 60.4 cm³/mol. The zero-order valence-corrected chi connectivity index (χ0v) is 9.60. The fourth-order valence-electron chi connectivity index (χ4n) is 3.00. The minimum absolute atomic E-state index is 0.293. The number of hydrogen-bond donors (Lipinski definition) is 2. The molecule has 1 saturated heterocycles. The fourth-order valence-corrected chi connectivity index (χ4v) is 3.00. The van der Waals surface area contributed by atoms with Gasteiger partial charge in [0.25, 0.3) is 0 Å². The quantitative estimate of drug-likeness (QED) is 0.705. The van der Waals surface area contributed by atoms with Gasteiger partial charge >= 0.3 is 0 Å². The third-order valence-corrected chi connectivity index (χ3v) is 3.65. The molecule has 0 amide bonds. The zero-order chi connectivity index (χ0) is 10.0. The Morgan fingerprint density at radius 3 is 2.57 bits per heavy atom. The molecule has 0 aromatic carbocycles. The third kappa shape index (κ3) is 2.71. The molecule has 1 saturated carbocycles. The molecule has 2 aliphatic rings. The lowest BCUT2D eigenvalue weighted by Gasteiger charge is -2.38. The summed E-state index contributed by atoms with van der Waals surface area (Å²) in [7, 11) is 0. The Bertz CT molecular complexity index is 183. The molecule has 1 unspecified atom stereocenters. The first kappa shape index (κ1) is 10.4. The van der Waals surface area contributed by atoms with E-state index in [2.05, 4.69) is 24.5 Å². The Kier molecular flexibility index (Phi) is 3.13. The van der Waals surface area contributed by atoms with E-state index in [0.29, 0.717) is 11.6 Å². The second kappa shape index (κ2) is 4.19. The molecule has 1 aliphatic heterocycles. The molecule has 1 aliphatic carbocycles. The maximum Gasteiger partial charge on any atom is 0.0252 e. The van der Waals surface area contributed by atoms with Gasteiger partial charge in [0, 0.05) is 24.7 Å². The van der Waals surface area contributed by atoms with Crippen molar-refractivity contribution in [2.75, 3.05) is 13.1 Å². The summed E-state index contributed by atoms with van der Waals surface area (Å²) in [6, 6.07) is 0.710. The molecular formula is C12H24N2. The monoisotopic (exact) mass is 196 g/mol. The van der Waals surface area contributed by atoms with Crippen molar-refractivity contribution in [3.05, 3.63) is 0 Å². The van der Waals surface area contributed by atoms with Crippen LogP contribution >= 0.6 is 0 Å². The summed E-state index contributed by atoms with van der Waals surface area (Å²) in [5.74, 6) is 1.00. The van der Waals surface area contributed by atoms with Crippen LogP contribution in [0.15, 0.2) is 0 Å². The molecule has 2 heteroatoms. The van der Waals surface area contributed by atoms with Crippen molar-refractivity contribution in [3.8, 4) is 0 Å². The van der Waals surface area contributed by atoms with Crippen molar-refractivity contribution < 1.29 is 0 Å². The highest BCUT2D eigenvalue weighted by atomic mass is 15.1. The van der Waals surface area contributed by atoms with Crippen LogP contribution in [-0.2, 0) is 0 Å².